The van der Waals surface area contributed by atoms with Crippen LogP contribution in [0.5, 0.6) is 5.75 Å². The minimum atomic E-state index is -0.122. The molecule has 2 atom stereocenters. The van der Waals surface area contributed by atoms with E-state index < -0.39 is 0 Å². The summed E-state index contributed by atoms with van der Waals surface area (Å²) in [7, 11) is 1.62. The molecule has 110 valence electrons. The molecule has 3 N–H and O–H groups in total. The highest BCUT2D eigenvalue weighted by Crippen LogP contribution is 2.26. The van der Waals surface area contributed by atoms with Gasteiger partial charge in [0.25, 0.3) is 0 Å². The highest BCUT2D eigenvalue weighted by atomic mass is 16.5. The van der Waals surface area contributed by atoms with Crippen LogP contribution >= 0.6 is 0 Å². The zero-order valence-electron chi connectivity index (χ0n) is 11.8. The van der Waals surface area contributed by atoms with E-state index in [0.717, 1.165) is 17.7 Å². The number of nitrogens with one attached hydrogen (secondary N) is 1. The normalized spacial score (nSPS) is 18.8. The highest BCUT2D eigenvalue weighted by molar-refractivity contribution is 5.79. The summed E-state index contributed by atoms with van der Waals surface area (Å²) in [5, 5.41) is 2.92. The van der Waals surface area contributed by atoms with Crippen molar-refractivity contribution in [1.82, 2.24) is 5.32 Å². The second kappa shape index (κ2) is 7.26. The molecule has 2 unspecified atom stereocenters. The van der Waals surface area contributed by atoms with Crippen LogP contribution in [0.4, 0.5) is 0 Å². The van der Waals surface area contributed by atoms with Crippen LogP contribution in [-0.4, -0.2) is 38.8 Å². The van der Waals surface area contributed by atoms with Crippen LogP contribution in [0.1, 0.15) is 12.0 Å². The van der Waals surface area contributed by atoms with Gasteiger partial charge < -0.3 is 20.5 Å². The average Bonchev–Trinajstić information content (AvgIpc) is 2.47. The van der Waals surface area contributed by atoms with E-state index in [1.54, 1.807) is 7.11 Å². The van der Waals surface area contributed by atoms with Crippen molar-refractivity contribution in [2.75, 3.05) is 26.9 Å². The van der Waals surface area contributed by atoms with Gasteiger partial charge in [0.05, 0.1) is 12.5 Å². The fourth-order valence-corrected chi connectivity index (χ4v) is 2.32. The van der Waals surface area contributed by atoms with Crippen molar-refractivity contribution in [3.8, 4) is 5.75 Å². The lowest BCUT2D eigenvalue weighted by Crippen LogP contribution is -2.39. The summed E-state index contributed by atoms with van der Waals surface area (Å²) >= 11 is 0. The van der Waals surface area contributed by atoms with Crippen LogP contribution in [-0.2, 0) is 16.0 Å². The summed E-state index contributed by atoms with van der Waals surface area (Å²) in [6.45, 7) is 1.52. The second-order valence-electron chi connectivity index (χ2n) is 5.11. The number of hydrogen-bond donors (Lipinski definition) is 2. The second-order valence-corrected chi connectivity index (χ2v) is 5.11. The third kappa shape index (κ3) is 3.95. The van der Waals surface area contributed by atoms with Crippen molar-refractivity contribution in [2.45, 2.75) is 18.9 Å². The van der Waals surface area contributed by atoms with E-state index in [-0.39, 0.29) is 17.9 Å². The number of ether oxygens (including phenoxy) is 2. The van der Waals surface area contributed by atoms with E-state index in [2.05, 4.69) is 5.32 Å². The molecule has 20 heavy (non-hydrogen) atoms. The Bertz CT molecular complexity index is 450. The van der Waals surface area contributed by atoms with Gasteiger partial charge in [0.1, 0.15) is 12.4 Å². The van der Waals surface area contributed by atoms with Gasteiger partial charge in [-0.05, 0) is 24.5 Å². The van der Waals surface area contributed by atoms with Crippen LogP contribution < -0.4 is 15.8 Å². The number of benzene rings is 1. The number of methoxy groups -OCH3 is 1. The number of carbonyl (C=O) groups is 1. The zero-order chi connectivity index (χ0) is 14.4. The molecule has 0 radical (unpaired) electrons. The molecule has 1 aliphatic heterocycles. The molecule has 1 aromatic carbocycles. The van der Waals surface area contributed by atoms with Gasteiger partial charge in [-0.25, -0.2) is 0 Å². The Hall–Kier alpha value is -1.59. The van der Waals surface area contributed by atoms with Gasteiger partial charge in [0, 0.05) is 19.7 Å². The van der Waals surface area contributed by atoms with Gasteiger partial charge in [0.15, 0.2) is 0 Å². The van der Waals surface area contributed by atoms with Crippen molar-refractivity contribution in [2.24, 2.45) is 11.7 Å². The molecule has 1 heterocycles. The van der Waals surface area contributed by atoms with E-state index in [9.17, 15) is 4.79 Å². The van der Waals surface area contributed by atoms with Gasteiger partial charge in [-0.2, -0.15) is 0 Å². The fraction of sp³-hybridized carbons (Fsp3) is 0.533. The summed E-state index contributed by atoms with van der Waals surface area (Å²) in [6, 6.07) is 7.81. The first-order valence-corrected chi connectivity index (χ1v) is 6.93. The molecule has 0 fully saturated rings. The summed E-state index contributed by atoms with van der Waals surface area (Å²) in [5.41, 5.74) is 6.90. The summed E-state index contributed by atoms with van der Waals surface area (Å²) in [6.07, 6.45) is 1.44. The SMILES string of the molecule is COCC(N)CCNC(=O)C1COc2ccccc2C1. The van der Waals surface area contributed by atoms with Crippen LogP contribution in [0.25, 0.3) is 0 Å². The van der Waals surface area contributed by atoms with Gasteiger partial charge in [-0.1, -0.05) is 18.2 Å². The van der Waals surface area contributed by atoms with E-state index >= 15 is 0 Å². The van der Waals surface area contributed by atoms with E-state index in [1.165, 1.54) is 0 Å². The van der Waals surface area contributed by atoms with Gasteiger partial charge in [0.2, 0.25) is 5.91 Å². The first kappa shape index (κ1) is 14.8. The molecule has 1 aliphatic rings. The Labute approximate surface area is 119 Å². The Morgan fingerprint density at radius 3 is 3.15 bits per heavy atom. The molecule has 0 aliphatic carbocycles. The Morgan fingerprint density at radius 2 is 2.35 bits per heavy atom. The molecular weight excluding hydrogens is 256 g/mol. The van der Waals surface area contributed by atoms with Gasteiger partial charge >= 0.3 is 0 Å². The number of fused-ring (bicyclic) bond motifs is 1. The lowest BCUT2D eigenvalue weighted by Gasteiger charge is -2.24. The molecule has 2 rings (SSSR count). The topological polar surface area (TPSA) is 73.6 Å². The molecule has 0 spiro atoms. The predicted octanol–water partition coefficient (Wildman–Crippen LogP) is 0.718. The molecule has 0 aromatic heterocycles. The molecule has 5 nitrogen and oxygen atoms in total. The summed E-state index contributed by atoms with van der Waals surface area (Å²) in [4.78, 5) is 12.1. The summed E-state index contributed by atoms with van der Waals surface area (Å²) < 4.78 is 10.6. The molecule has 0 saturated carbocycles. The minimum Gasteiger partial charge on any atom is -0.492 e. The standard InChI is InChI=1S/C15H22N2O3/c1-19-10-13(16)6-7-17-15(18)12-8-11-4-2-3-5-14(11)20-9-12/h2-5,12-13H,6-10,16H2,1H3,(H,17,18). The molecule has 0 bridgehead atoms. The van der Waals surface area contributed by atoms with Gasteiger partial charge in [-0.3, -0.25) is 4.79 Å². The molecular formula is C15H22N2O3. The maximum atomic E-state index is 12.1. The molecule has 1 amide bonds. The quantitative estimate of drug-likeness (QED) is 0.804. The van der Waals surface area contributed by atoms with Crippen LogP contribution in [0.3, 0.4) is 0 Å². The Balaban J connectivity index is 1.77. The Kier molecular flexibility index (Phi) is 5.38. The van der Waals surface area contributed by atoms with Crippen LogP contribution in [0.2, 0.25) is 0 Å². The zero-order valence-corrected chi connectivity index (χ0v) is 11.8. The van der Waals surface area contributed by atoms with Crippen LogP contribution in [0, 0.1) is 5.92 Å². The largest absolute Gasteiger partial charge is 0.492 e. The Morgan fingerprint density at radius 1 is 1.55 bits per heavy atom. The number of para-hydroxylation sites is 1. The first-order valence-electron chi connectivity index (χ1n) is 6.93. The van der Waals surface area contributed by atoms with Crippen LogP contribution in [0.15, 0.2) is 24.3 Å². The highest BCUT2D eigenvalue weighted by Gasteiger charge is 2.25. The van der Waals surface area contributed by atoms with E-state index in [4.69, 9.17) is 15.2 Å². The fourth-order valence-electron chi connectivity index (χ4n) is 2.32. The number of hydrogen-bond acceptors (Lipinski definition) is 4. The lowest BCUT2D eigenvalue weighted by molar-refractivity contribution is -0.126. The van der Waals surface area contributed by atoms with Crippen molar-refractivity contribution in [3.63, 3.8) is 0 Å². The van der Waals surface area contributed by atoms with Crippen molar-refractivity contribution < 1.29 is 14.3 Å². The lowest BCUT2D eigenvalue weighted by atomic mass is 9.96. The average molecular weight is 278 g/mol. The summed E-state index contributed by atoms with van der Waals surface area (Å²) in [5.74, 6) is 0.798. The predicted molar refractivity (Wildman–Crippen MR) is 76.6 cm³/mol. The van der Waals surface area contributed by atoms with Crippen molar-refractivity contribution in [1.29, 1.82) is 0 Å². The minimum absolute atomic E-state index is 0.0316. The maximum absolute atomic E-state index is 12.1. The molecule has 1 aromatic rings. The number of amides is 1. The number of rotatable bonds is 6. The third-order valence-electron chi connectivity index (χ3n) is 3.44. The monoisotopic (exact) mass is 278 g/mol. The van der Waals surface area contributed by atoms with E-state index in [0.29, 0.717) is 26.2 Å². The number of nitrogens with two attached hydrogens (primary N) is 1. The molecule has 5 heteroatoms. The first-order chi connectivity index (χ1) is 9.70. The number of carbonyl (C=O) groups excluding carboxylic acids is 1. The van der Waals surface area contributed by atoms with Crippen molar-refractivity contribution >= 4 is 5.91 Å². The molecule has 0 saturated heterocycles. The van der Waals surface area contributed by atoms with Crippen molar-refractivity contribution in [3.05, 3.63) is 29.8 Å². The third-order valence-corrected chi connectivity index (χ3v) is 3.44. The van der Waals surface area contributed by atoms with Gasteiger partial charge in [-0.15, -0.1) is 0 Å². The smallest absolute Gasteiger partial charge is 0.226 e. The van der Waals surface area contributed by atoms with E-state index in [1.807, 2.05) is 24.3 Å². The maximum Gasteiger partial charge on any atom is 0.226 e.